The molecule has 32 heavy (non-hydrogen) atoms. The Balaban J connectivity index is 1.35. The molecule has 1 fully saturated rings. The monoisotopic (exact) mass is 430 g/mol. The lowest BCUT2D eigenvalue weighted by atomic mass is 9.98. The lowest BCUT2D eigenvalue weighted by Gasteiger charge is -2.38. The number of rotatable bonds is 7. The molecule has 1 N–H and O–H groups in total. The second-order valence-corrected chi connectivity index (χ2v) is 8.73. The number of aliphatic imine (C=N–C) groups is 1. The summed E-state index contributed by atoms with van der Waals surface area (Å²) in [5.74, 6) is 1.82. The number of ether oxygens (including phenoxy) is 1. The Morgan fingerprint density at radius 1 is 1.03 bits per heavy atom. The Bertz CT molecular complexity index is 1050. The van der Waals surface area contributed by atoms with Gasteiger partial charge in [-0.25, -0.2) is 4.99 Å². The molecule has 7 nitrogen and oxygen atoms in total. The van der Waals surface area contributed by atoms with Crippen LogP contribution in [0.25, 0.3) is 22.5 Å². The van der Waals surface area contributed by atoms with E-state index in [-0.39, 0.29) is 5.72 Å². The van der Waals surface area contributed by atoms with E-state index in [1.807, 2.05) is 18.2 Å². The molecule has 2 aromatic carbocycles. The first kappa shape index (κ1) is 20.8. The Kier molecular flexibility index (Phi) is 5.99. The third-order valence-corrected chi connectivity index (χ3v) is 6.48. The van der Waals surface area contributed by atoms with Crippen LogP contribution in [-0.2, 0) is 11.3 Å². The highest BCUT2D eigenvalue weighted by Gasteiger charge is 2.38. The predicted octanol–water partition coefficient (Wildman–Crippen LogP) is 5.18. The van der Waals surface area contributed by atoms with Gasteiger partial charge in [-0.3, -0.25) is 0 Å². The zero-order valence-corrected chi connectivity index (χ0v) is 18.6. The number of unbranched alkanes of at least 4 members (excludes halogenated alkanes) is 1. The van der Waals surface area contributed by atoms with Crippen LogP contribution in [0.2, 0.25) is 0 Å². The fourth-order valence-electron chi connectivity index (χ4n) is 4.70. The fourth-order valence-corrected chi connectivity index (χ4v) is 4.70. The summed E-state index contributed by atoms with van der Waals surface area (Å²) >= 11 is 0. The summed E-state index contributed by atoms with van der Waals surface area (Å²) in [5, 5.41) is 14.5. The number of H-pyrrole nitrogens is 1. The molecule has 1 saturated carbocycles. The first-order valence-electron chi connectivity index (χ1n) is 11.7. The highest BCUT2D eigenvalue weighted by atomic mass is 16.5. The van der Waals surface area contributed by atoms with Gasteiger partial charge >= 0.3 is 0 Å². The van der Waals surface area contributed by atoms with E-state index in [2.05, 4.69) is 62.8 Å². The van der Waals surface area contributed by atoms with Crippen LogP contribution in [0.1, 0.15) is 57.4 Å². The largest absolute Gasteiger partial charge is 0.333 e. The molecule has 1 spiro atoms. The van der Waals surface area contributed by atoms with Gasteiger partial charge in [-0.05, 0) is 54.0 Å². The summed E-state index contributed by atoms with van der Waals surface area (Å²) in [7, 11) is 0. The molecule has 1 aliphatic heterocycles. The van der Waals surface area contributed by atoms with Crippen molar-refractivity contribution in [3.05, 3.63) is 54.1 Å². The quantitative estimate of drug-likeness (QED) is 0.558. The van der Waals surface area contributed by atoms with Crippen molar-refractivity contribution >= 4 is 5.84 Å². The molecular weight excluding hydrogens is 400 g/mol. The topological polar surface area (TPSA) is 79.3 Å². The number of aromatic nitrogens is 4. The summed E-state index contributed by atoms with van der Waals surface area (Å²) in [4.78, 5) is 7.44. The number of benzene rings is 2. The van der Waals surface area contributed by atoms with E-state index >= 15 is 0 Å². The minimum atomic E-state index is -0.248. The summed E-state index contributed by atoms with van der Waals surface area (Å²) < 4.78 is 6.29. The second kappa shape index (κ2) is 9.20. The summed E-state index contributed by atoms with van der Waals surface area (Å²) in [6.45, 7) is 3.68. The molecule has 0 amide bonds. The fraction of sp³-hybridized carbons (Fsp3) is 0.440. The highest BCUT2D eigenvalue weighted by molar-refractivity contribution is 5.83. The van der Waals surface area contributed by atoms with Gasteiger partial charge in [0.15, 0.2) is 5.72 Å². The maximum absolute atomic E-state index is 6.29. The maximum Gasteiger partial charge on any atom is 0.205 e. The van der Waals surface area contributed by atoms with Gasteiger partial charge in [0, 0.05) is 18.5 Å². The third kappa shape index (κ3) is 4.30. The Morgan fingerprint density at radius 2 is 1.81 bits per heavy atom. The molecule has 1 aromatic heterocycles. The minimum absolute atomic E-state index is 0.248. The number of nitrogens with one attached hydrogen (secondary N) is 1. The van der Waals surface area contributed by atoms with Crippen molar-refractivity contribution in [3.63, 3.8) is 0 Å². The molecule has 2 heterocycles. The molecular formula is C25H30N6O. The van der Waals surface area contributed by atoms with Crippen molar-refractivity contribution in [2.45, 2.75) is 64.1 Å². The van der Waals surface area contributed by atoms with Gasteiger partial charge in [0.2, 0.25) is 5.82 Å². The minimum Gasteiger partial charge on any atom is -0.333 e. The molecule has 0 unspecified atom stereocenters. The van der Waals surface area contributed by atoms with Crippen molar-refractivity contribution in [2.75, 3.05) is 6.73 Å². The average molecular weight is 431 g/mol. The Morgan fingerprint density at radius 3 is 2.53 bits per heavy atom. The molecule has 0 radical (unpaired) electrons. The van der Waals surface area contributed by atoms with Crippen LogP contribution in [0.15, 0.2) is 53.5 Å². The number of aromatic amines is 1. The number of hydrogen-bond donors (Lipinski definition) is 1. The zero-order chi connectivity index (χ0) is 21.8. The number of nitrogens with zero attached hydrogens (tertiary/aromatic N) is 5. The van der Waals surface area contributed by atoms with Crippen LogP contribution in [0, 0.1) is 0 Å². The van der Waals surface area contributed by atoms with Gasteiger partial charge in [-0.1, -0.05) is 61.9 Å². The standard InChI is InChI=1S/C25H30N6O/c1-2-3-10-23-26-25(15-6-7-16-25)32-18-31(23)17-19-11-13-20(14-12-19)21-8-4-5-9-22(21)24-27-29-30-28-24/h4-5,8-9,11-14H,2-3,6-7,10,15-18H2,1H3,(H,27,28,29,30). The maximum atomic E-state index is 6.29. The van der Waals surface area contributed by atoms with Gasteiger partial charge in [0.25, 0.3) is 0 Å². The smallest absolute Gasteiger partial charge is 0.205 e. The lowest BCUT2D eigenvalue weighted by molar-refractivity contribution is -0.0867. The van der Waals surface area contributed by atoms with Crippen LogP contribution in [0.5, 0.6) is 0 Å². The van der Waals surface area contributed by atoms with Crippen molar-refractivity contribution in [3.8, 4) is 22.5 Å². The van der Waals surface area contributed by atoms with Crippen LogP contribution in [-0.4, -0.2) is 43.8 Å². The average Bonchev–Trinajstić information content (AvgIpc) is 3.53. The van der Waals surface area contributed by atoms with E-state index in [4.69, 9.17) is 9.73 Å². The summed E-state index contributed by atoms with van der Waals surface area (Å²) in [5.41, 5.74) is 4.20. The lowest BCUT2D eigenvalue weighted by Crippen LogP contribution is -2.45. The van der Waals surface area contributed by atoms with E-state index < -0.39 is 0 Å². The van der Waals surface area contributed by atoms with E-state index in [9.17, 15) is 0 Å². The van der Waals surface area contributed by atoms with Crippen molar-refractivity contribution in [2.24, 2.45) is 4.99 Å². The van der Waals surface area contributed by atoms with Crippen LogP contribution >= 0.6 is 0 Å². The van der Waals surface area contributed by atoms with E-state index in [0.717, 1.165) is 48.9 Å². The molecule has 7 heteroatoms. The van der Waals surface area contributed by atoms with Gasteiger partial charge < -0.3 is 9.64 Å². The van der Waals surface area contributed by atoms with Gasteiger partial charge in [0.05, 0.1) is 0 Å². The van der Waals surface area contributed by atoms with Gasteiger partial charge in [0.1, 0.15) is 12.6 Å². The van der Waals surface area contributed by atoms with Crippen molar-refractivity contribution < 1.29 is 4.74 Å². The second-order valence-electron chi connectivity index (χ2n) is 8.73. The zero-order valence-electron chi connectivity index (χ0n) is 18.6. The van der Waals surface area contributed by atoms with E-state index in [1.54, 1.807) is 0 Å². The molecule has 5 rings (SSSR count). The van der Waals surface area contributed by atoms with Gasteiger partial charge in [-0.2, -0.15) is 5.21 Å². The Hall–Kier alpha value is -3.06. The van der Waals surface area contributed by atoms with Crippen molar-refractivity contribution in [1.29, 1.82) is 0 Å². The van der Waals surface area contributed by atoms with Gasteiger partial charge in [-0.15, -0.1) is 10.2 Å². The SMILES string of the molecule is CCCCC1=NC2(CCCC2)OCN1Cc1ccc(-c2ccccc2-c2nn[nH]n2)cc1. The molecule has 0 saturated heterocycles. The number of amidine groups is 1. The molecule has 166 valence electrons. The van der Waals surface area contributed by atoms with Crippen LogP contribution < -0.4 is 0 Å². The van der Waals surface area contributed by atoms with E-state index in [1.165, 1.54) is 30.7 Å². The Labute approximate surface area is 188 Å². The first-order chi connectivity index (χ1) is 15.8. The third-order valence-electron chi connectivity index (χ3n) is 6.48. The van der Waals surface area contributed by atoms with Crippen LogP contribution in [0.3, 0.4) is 0 Å². The molecule has 0 atom stereocenters. The normalized spacial score (nSPS) is 17.7. The first-order valence-corrected chi connectivity index (χ1v) is 11.7. The molecule has 1 aliphatic carbocycles. The molecule has 3 aromatic rings. The summed E-state index contributed by atoms with van der Waals surface area (Å²) in [6.07, 6.45) is 7.93. The predicted molar refractivity (Wildman–Crippen MR) is 125 cm³/mol. The summed E-state index contributed by atoms with van der Waals surface area (Å²) in [6, 6.07) is 16.9. The number of hydrogen-bond acceptors (Lipinski definition) is 6. The van der Waals surface area contributed by atoms with E-state index in [0.29, 0.717) is 12.6 Å². The molecule has 2 aliphatic rings. The van der Waals surface area contributed by atoms with Crippen molar-refractivity contribution in [1.82, 2.24) is 25.5 Å². The molecule has 0 bridgehead atoms. The highest BCUT2D eigenvalue weighted by Crippen LogP contribution is 2.37. The number of tetrazole rings is 1. The van der Waals surface area contributed by atoms with Crippen LogP contribution in [0.4, 0.5) is 0 Å².